The molecular formula is C17H18O2. The molecular weight excluding hydrogens is 236 g/mol. The molecule has 0 aromatic heterocycles. The van der Waals surface area contributed by atoms with Crippen LogP contribution in [0.3, 0.4) is 0 Å². The van der Waals surface area contributed by atoms with E-state index in [-0.39, 0.29) is 11.9 Å². The van der Waals surface area contributed by atoms with E-state index in [9.17, 15) is 4.79 Å². The topological polar surface area (TPSA) is 26.3 Å². The van der Waals surface area contributed by atoms with Gasteiger partial charge in [-0.25, -0.2) is 0 Å². The van der Waals surface area contributed by atoms with E-state index in [4.69, 9.17) is 4.74 Å². The molecule has 2 aromatic rings. The molecule has 0 saturated heterocycles. The number of carbonyl (C=O) groups is 1. The van der Waals surface area contributed by atoms with Crippen molar-refractivity contribution in [1.82, 2.24) is 0 Å². The Balaban J connectivity index is 2.13. The summed E-state index contributed by atoms with van der Waals surface area (Å²) >= 11 is 0. The molecule has 0 spiro atoms. The lowest BCUT2D eigenvalue weighted by atomic mass is 10.0. The quantitative estimate of drug-likeness (QED) is 0.755. The summed E-state index contributed by atoms with van der Waals surface area (Å²) in [6.45, 7) is 1.90. The first-order valence-corrected chi connectivity index (χ1v) is 6.42. The Bertz CT molecular complexity index is 529. The van der Waals surface area contributed by atoms with Gasteiger partial charge >= 0.3 is 0 Å². The van der Waals surface area contributed by atoms with Crippen molar-refractivity contribution in [3.63, 3.8) is 0 Å². The van der Waals surface area contributed by atoms with E-state index >= 15 is 0 Å². The van der Waals surface area contributed by atoms with Crippen molar-refractivity contribution >= 4 is 5.78 Å². The second-order valence-electron chi connectivity index (χ2n) is 4.62. The van der Waals surface area contributed by atoms with Gasteiger partial charge in [0.15, 0.2) is 5.78 Å². The van der Waals surface area contributed by atoms with Crippen molar-refractivity contribution in [1.29, 1.82) is 0 Å². The predicted molar refractivity (Wildman–Crippen MR) is 77.3 cm³/mol. The van der Waals surface area contributed by atoms with E-state index in [1.165, 1.54) is 0 Å². The predicted octanol–water partition coefficient (Wildman–Crippen LogP) is 3.96. The minimum absolute atomic E-state index is 0.0405. The Kier molecular flexibility index (Phi) is 4.48. The van der Waals surface area contributed by atoms with E-state index in [1.807, 2.05) is 49.4 Å². The Hall–Kier alpha value is -1.93. The number of Topliss-reactive ketones (excluding diaryl/α,β-unsaturated/α-hetero) is 1. The molecule has 0 fully saturated rings. The highest BCUT2D eigenvalue weighted by molar-refractivity contribution is 5.96. The van der Waals surface area contributed by atoms with Crippen LogP contribution in [-0.4, -0.2) is 19.0 Å². The van der Waals surface area contributed by atoms with Crippen LogP contribution in [0.5, 0.6) is 0 Å². The number of hydrogen-bond donors (Lipinski definition) is 0. The highest BCUT2D eigenvalue weighted by atomic mass is 16.5. The van der Waals surface area contributed by atoms with Crippen molar-refractivity contribution in [3.05, 3.63) is 60.2 Å². The Morgan fingerprint density at radius 1 is 1.00 bits per heavy atom. The minimum atomic E-state index is -0.0405. The summed E-state index contributed by atoms with van der Waals surface area (Å²) in [6.07, 6.45) is 0.377. The fraction of sp³-hybridized carbons (Fsp3) is 0.235. The molecule has 0 radical (unpaired) electrons. The number of ether oxygens (including phenoxy) is 1. The SMILES string of the molecule is COC(C)CC(=O)c1ccc(-c2ccccc2)cc1. The second-order valence-corrected chi connectivity index (χ2v) is 4.62. The number of carbonyl (C=O) groups excluding carboxylic acids is 1. The molecule has 0 heterocycles. The first-order valence-electron chi connectivity index (χ1n) is 6.42. The molecule has 98 valence electrons. The maximum absolute atomic E-state index is 12.0. The molecule has 2 nitrogen and oxygen atoms in total. The Morgan fingerprint density at radius 3 is 2.16 bits per heavy atom. The van der Waals surface area contributed by atoms with Gasteiger partial charge in [0.2, 0.25) is 0 Å². The van der Waals surface area contributed by atoms with E-state index in [2.05, 4.69) is 12.1 Å². The molecule has 2 aromatic carbocycles. The molecule has 0 aliphatic carbocycles. The van der Waals surface area contributed by atoms with E-state index in [0.717, 1.165) is 16.7 Å². The van der Waals surface area contributed by atoms with E-state index in [1.54, 1.807) is 7.11 Å². The van der Waals surface area contributed by atoms with Gasteiger partial charge in [0.25, 0.3) is 0 Å². The number of hydrogen-bond acceptors (Lipinski definition) is 2. The number of methoxy groups -OCH3 is 1. The third kappa shape index (κ3) is 3.52. The maximum Gasteiger partial charge on any atom is 0.165 e. The zero-order valence-corrected chi connectivity index (χ0v) is 11.3. The number of rotatable bonds is 5. The highest BCUT2D eigenvalue weighted by Crippen LogP contribution is 2.20. The maximum atomic E-state index is 12.0. The van der Waals surface area contributed by atoms with Crippen molar-refractivity contribution in [2.45, 2.75) is 19.4 Å². The van der Waals surface area contributed by atoms with Gasteiger partial charge in [-0.15, -0.1) is 0 Å². The summed E-state index contributed by atoms with van der Waals surface area (Å²) in [5.74, 6) is 0.119. The van der Waals surface area contributed by atoms with Gasteiger partial charge < -0.3 is 4.74 Å². The average Bonchev–Trinajstić information content (AvgIpc) is 2.48. The van der Waals surface area contributed by atoms with E-state index in [0.29, 0.717) is 6.42 Å². The van der Waals surface area contributed by atoms with Crippen LogP contribution < -0.4 is 0 Å². The third-order valence-electron chi connectivity index (χ3n) is 3.19. The van der Waals surface area contributed by atoms with Gasteiger partial charge in [-0.3, -0.25) is 4.79 Å². The normalized spacial score (nSPS) is 12.1. The van der Waals surface area contributed by atoms with Crippen molar-refractivity contribution in [2.75, 3.05) is 7.11 Å². The Morgan fingerprint density at radius 2 is 1.58 bits per heavy atom. The van der Waals surface area contributed by atoms with Crippen LogP contribution in [0.15, 0.2) is 54.6 Å². The fourth-order valence-corrected chi connectivity index (χ4v) is 1.94. The molecule has 0 bridgehead atoms. The molecule has 0 aliphatic rings. The summed E-state index contributed by atoms with van der Waals surface area (Å²) in [4.78, 5) is 12.0. The lowest BCUT2D eigenvalue weighted by Crippen LogP contribution is -2.12. The molecule has 1 unspecified atom stereocenters. The summed E-state index contributed by atoms with van der Waals surface area (Å²) in [7, 11) is 1.62. The third-order valence-corrected chi connectivity index (χ3v) is 3.19. The van der Waals surface area contributed by atoms with Crippen LogP contribution in [-0.2, 0) is 4.74 Å². The van der Waals surface area contributed by atoms with Crippen LogP contribution >= 0.6 is 0 Å². The van der Waals surface area contributed by atoms with Crippen molar-refractivity contribution in [3.8, 4) is 11.1 Å². The second kappa shape index (κ2) is 6.30. The molecule has 2 rings (SSSR count). The first-order chi connectivity index (χ1) is 9.20. The fourth-order valence-electron chi connectivity index (χ4n) is 1.94. The van der Waals surface area contributed by atoms with Crippen LogP contribution in [0, 0.1) is 0 Å². The molecule has 2 heteroatoms. The van der Waals surface area contributed by atoms with Crippen LogP contribution in [0.1, 0.15) is 23.7 Å². The first kappa shape index (κ1) is 13.5. The standard InChI is InChI=1S/C17H18O2/c1-13(19-2)12-17(18)16-10-8-15(9-11-16)14-6-4-3-5-7-14/h3-11,13H,12H2,1-2H3. The van der Waals surface area contributed by atoms with Gasteiger partial charge in [0.1, 0.15) is 0 Å². The van der Waals surface area contributed by atoms with Crippen LogP contribution in [0.25, 0.3) is 11.1 Å². The lowest BCUT2D eigenvalue weighted by molar-refractivity contribution is 0.0792. The zero-order valence-electron chi connectivity index (χ0n) is 11.3. The van der Waals surface area contributed by atoms with Crippen LogP contribution in [0.2, 0.25) is 0 Å². The molecule has 0 aliphatic heterocycles. The van der Waals surface area contributed by atoms with Gasteiger partial charge in [-0.2, -0.15) is 0 Å². The highest BCUT2D eigenvalue weighted by Gasteiger charge is 2.10. The molecule has 0 N–H and O–H groups in total. The lowest BCUT2D eigenvalue weighted by Gasteiger charge is -2.08. The molecule has 19 heavy (non-hydrogen) atoms. The summed E-state index contributed by atoms with van der Waals surface area (Å²) in [6, 6.07) is 17.9. The monoisotopic (exact) mass is 254 g/mol. The van der Waals surface area contributed by atoms with Gasteiger partial charge in [0, 0.05) is 19.1 Å². The molecule has 0 saturated carbocycles. The van der Waals surface area contributed by atoms with Crippen LogP contribution in [0.4, 0.5) is 0 Å². The van der Waals surface area contributed by atoms with E-state index < -0.39 is 0 Å². The van der Waals surface area contributed by atoms with Crippen molar-refractivity contribution in [2.24, 2.45) is 0 Å². The van der Waals surface area contributed by atoms with Gasteiger partial charge in [-0.05, 0) is 18.1 Å². The summed E-state index contributed by atoms with van der Waals surface area (Å²) < 4.78 is 5.11. The van der Waals surface area contributed by atoms with Gasteiger partial charge in [-0.1, -0.05) is 54.6 Å². The van der Waals surface area contributed by atoms with Gasteiger partial charge in [0.05, 0.1) is 6.10 Å². The number of ketones is 1. The largest absolute Gasteiger partial charge is 0.381 e. The molecule has 0 amide bonds. The summed E-state index contributed by atoms with van der Waals surface area (Å²) in [5.41, 5.74) is 3.02. The zero-order chi connectivity index (χ0) is 13.7. The minimum Gasteiger partial charge on any atom is -0.381 e. The summed E-state index contributed by atoms with van der Waals surface area (Å²) in [5, 5.41) is 0. The van der Waals surface area contributed by atoms with Crippen molar-refractivity contribution < 1.29 is 9.53 Å². The number of benzene rings is 2. The molecule has 1 atom stereocenters. The Labute approximate surface area is 114 Å². The average molecular weight is 254 g/mol. The smallest absolute Gasteiger partial charge is 0.165 e.